The number of hydrogen-bond acceptors (Lipinski definition) is 3. The molecule has 0 radical (unpaired) electrons. The first-order valence-electron chi connectivity index (χ1n) is 9.38. The van der Waals surface area contributed by atoms with Gasteiger partial charge in [0.25, 0.3) is 5.91 Å². The summed E-state index contributed by atoms with van der Waals surface area (Å²) in [5, 5.41) is 0. The van der Waals surface area contributed by atoms with Crippen LogP contribution in [0.3, 0.4) is 0 Å². The minimum Gasteiger partial charge on any atom is -0.493 e. The molecule has 2 heterocycles. The predicted octanol–water partition coefficient (Wildman–Crippen LogP) is 4.19. The van der Waals surface area contributed by atoms with Crippen LogP contribution in [0.15, 0.2) is 36.5 Å². The van der Waals surface area contributed by atoms with Gasteiger partial charge in [-0.05, 0) is 50.1 Å². The zero-order chi connectivity index (χ0) is 18.5. The Labute approximate surface area is 155 Å². The van der Waals surface area contributed by atoms with E-state index in [0.717, 1.165) is 32.2 Å². The lowest BCUT2D eigenvalue weighted by Crippen LogP contribution is -2.35. The SMILES string of the molecule is CCOc1cc(C(=O)N2CCCCCC2c2cccn2C)ccc1OC. The van der Waals surface area contributed by atoms with Gasteiger partial charge in [-0.1, -0.05) is 12.8 Å². The van der Waals surface area contributed by atoms with Crippen molar-refractivity contribution in [2.75, 3.05) is 20.3 Å². The Hall–Kier alpha value is -2.43. The van der Waals surface area contributed by atoms with Crippen molar-refractivity contribution < 1.29 is 14.3 Å². The van der Waals surface area contributed by atoms with Gasteiger partial charge in [-0.15, -0.1) is 0 Å². The average molecular weight is 356 g/mol. The first-order chi connectivity index (χ1) is 12.7. The van der Waals surface area contributed by atoms with E-state index in [0.29, 0.717) is 23.7 Å². The van der Waals surface area contributed by atoms with Crippen LogP contribution in [0.5, 0.6) is 11.5 Å². The van der Waals surface area contributed by atoms with Crippen LogP contribution >= 0.6 is 0 Å². The summed E-state index contributed by atoms with van der Waals surface area (Å²) in [6, 6.07) is 9.73. The highest BCUT2D eigenvalue weighted by molar-refractivity contribution is 5.95. The van der Waals surface area contributed by atoms with Gasteiger partial charge in [0.1, 0.15) is 0 Å². The molecule has 5 heteroatoms. The number of amides is 1. The van der Waals surface area contributed by atoms with Crippen LogP contribution in [0.4, 0.5) is 0 Å². The number of aryl methyl sites for hydroxylation is 1. The van der Waals surface area contributed by atoms with Gasteiger partial charge < -0.3 is 18.9 Å². The normalized spacial score (nSPS) is 17.7. The van der Waals surface area contributed by atoms with Gasteiger partial charge in [0.05, 0.1) is 19.8 Å². The number of carbonyl (C=O) groups excluding carboxylic acids is 1. The monoisotopic (exact) mass is 356 g/mol. The van der Waals surface area contributed by atoms with Crippen molar-refractivity contribution >= 4 is 5.91 Å². The fourth-order valence-electron chi connectivity index (χ4n) is 3.72. The number of ether oxygens (including phenoxy) is 2. The smallest absolute Gasteiger partial charge is 0.254 e. The molecule has 0 N–H and O–H groups in total. The molecule has 3 rings (SSSR count). The molecule has 1 aromatic carbocycles. The van der Waals surface area contributed by atoms with E-state index in [1.165, 1.54) is 5.69 Å². The molecule has 0 bridgehead atoms. The van der Waals surface area contributed by atoms with E-state index in [1.807, 2.05) is 43.3 Å². The molecule has 0 spiro atoms. The second-order valence-corrected chi connectivity index (χ2v) is 6.71. The predicted molar refractivity (Wildman–Crippen MR) is 102 cm³/mol. The van der Waals surface area contributed by atoms with E-state index in [9.17, 15) is 4.79 Å². The minimum absolute atomic E-state index is 0.0571. The fraction of sp³-hybridized carbons (Fsp3) is 0.476. The van der Waals surface area contributed by atoms with Crippen molar-refractivity contribution in [3.63, 3.8) is 0 Å². The van der Waals surface area contributed by atoms with Crippen LogP contribution in [-0.4, -0.2) is 35.6 Å². The maximum atomic E-state index is 13.3. The van der Waals surface area contributed by atoms with Gasteiger partial charge >= 0.3 is 0 Å². The molecule has 1 aliphatic rings. The Morgan fingerprint density at radius 3 is 2.73 bits per heavy atom. The Balaban J connectivity index is 1.93. The van der Waals surface area contributed by atoms with Gasteiger partial charge in [-0.2, -0.15) is 0 Å². The summed E-state index contributed by atoms with van der Waals surface area (Å²) in [5.74, 6) is 1.33. The zero-order valence-corrected chi connectivity index (χ0v) is 15.9. The second kappa shape index (κ2) is 8.30. The molecule has 1 aromatic heterocycles. The lowest BCUT2D eigenvalue weighted by Gasteiger charge is -2.31. The molecule has 1 saturated heterocycles. The van der Waals surface area contributed by atoms with Crippen LogP contribution in [-0.2, 0) is 7.05 Å². The third-order valence-corrected chi connectivity index (χ3v) is 5.05. The van der Waals surface area contributed by atoms with Crippen LogP contribution in [0, 0.1) is 0 Å². The van der Waals surface area contributed by atoms with Gasteiger partial charge in [-0.3, -0.25) is 4.79 Å². The average Bonchev–Trinajstić information content (AvgIpc) is 2.93. The summed E-state index contributed by atoms with van der Waals surface area (Å²) >= 11 is 0. The van der Waals surface area contributed by atoms with Gasteiger partial charge in [0, 0.05) is 31.0 Å². The lowest BCUT2D eigenvalue weighted by atomic mass is 10.0. The van der Waals surface area contributed by atoms with Crippen LogP contribution in [0.25, 0.3) is 0 Å². The highest BCUT2D eigenvalue weighted by Gasteiger charge is 2.29. The topological polar surface area (TPSA) is 43.7 Å². The third-order valence-electron chi connectivity index (χ3n) is 5.05. The number of rotatable bonds is 5. The first-order valence-corrected chi connectivity index (χ1v) is 9.38. The van der Waals surface area contributed by atoms with E-state index < -0.39 is 0 Å². The third kappa shape index (κ3) is 3.71. The van der Waals surface area contributed by atoms with Crippen molar-refractivity contribution in [1.82, 2.24) is 9.47 Å². The van der Waals surface area contributed by atoms with Crippen molar-refractivity contribution in [3.8, 4) is 11.5 Å². The highest BCUT2D eigenvalue weighted by atomic mass is 16.5. The fourth-order valence-corrected chi connectivity index (χ4v) is 3.72. The van der Waals surface area contributed by atoms with E-state index in [4.69, 9.17) is 9.47 Å². The number of benzene rings is 1. The molecule has 2 aromatic rings. The van der Waals surface area contributed by atoms with E-state index in [2.05, 4.69) is 10.6 Å². The van der Waals surface area contributed by atoms with E-state index >= 15 is 0 Å². The van der Waals surface area contributed by atoms with Crippen molar-refractivity contribution in [2.45, 2.75) is 38.6 Å². The maximum absolute atomic E-state index is 13.3. The standard InChI is InChI=1S/C21H28N2O3/c1-4-26-20-15-16(11-12-19(20)25-3)21(24)23-14-7-5-6-9-18(23)17-10-8-13-22(17)2/h8,10-13,15,18H,4-7,9,14H2,1-3H3. The van der Waals surface area contributed by atoms with Crippen molar-refractivity contribution in [3.05, 3.63) is 47.8 Å². The molecule has 26 heavy (non-hydrogen) atoms. The number of methoxy groups -OCH3 is 1. The maximum Gasteiger partial charge on any atom is 0.254 e. The van der Waals surface area contributed by atoms with Gasteiger partial charge in [-0.25, -0.2) is 0 Å². The molecule has 1 aliphatic heterocycles. The summed E-state index contributed by atoms with van der Waals surface area (Å²) in [7, 11) is 3.66. The molecule has 5 nitrogen and oxygen atoms in total. The van der Waals surface area contributed by atoms with Crippen LogP contribution < -0.4 is 9.47 Å². The molecule has 1 unspecified atom stereocenters. The number of likely N-dealkylation sites (tertiary alicyclic amines) is 1. The summed E-state index contributed by atoms with van der Waals surface area (Å²) in [6.45, 7) is 3.24. The minimum atomic E-state index is 0.0571. The summed E-state index contributed by atoms with van der Waals surface area (Å²) in [5.41, 5.74) is 1.84. The molecular formula is C21H28N2O3. The Bertz CT molecular complexity index is 753. The Morgan fingerprint density at radius 2 is 2.04 bits per heavy atom. The Kier molecular flexibility index (Phi) is 5.86. The van der Waals surface area contributed by atoms with Gasteiger partial charge in [0.15, 0.2) is 11.5 Å². The lowest BCUT2D eigenvalue weighted by molar-refractivity contribution is 0.0674. The summed E-state index contributed by atoms with van der Waals surface area (Å²) in [4.78, 5) is 15.4. The van der Waals surface area contributed by atoms with Crippen LogP contribution in [0.2, 0.25) is 0 Å². The molecule has 1 amide bonds. The quantitative estimate of drug-likeness (QED) is 0.807. The highest BCUT2D eigenvalue weighted by Crippen LogP contribution is 2.33. The van der Waals surface area contributed by atoms with Gasteiger partial charge in [0.2, 0.25) is 0 Å². The van der Waals surface area contributed by atoms with E-state index in [-0.39, 0.29) is 11.9 Å². The molecular weight excluding hydrogens is 328 g/mol. The molecule has 1 atom stereocenters. The van der Waals surface area contributed by atoms with Crippen molar-refractivity contribution in [1.29, 1.82) is 0 Å². The first kappa shape index (κ1) is 18.4. The van der Waals surface area contributed by atoms with Crippen LogP contribution in [0.1, 0.15) is 54.7 Å². The largest absolute Gasteiger partial charge is 0.493 e. The molecule has 1 fully saturated rings. The zero-order valence-electron chi connectivity index (χ0n) is 15.9. The molecule has 140 valence electrons. The number of nitrogens with zero attached hydrogens (tertiary/aromatic N) is 2. The number of hydrogen-bond donors (Lipinski definition) is 0. The molecule has 0 saturated carbocycles. The van der Waals surface area contributed by atoms with Crippen molar-refractivity contribution in [2.24, 2.45) is 7.05 Å². The van der Waals surface area contributed by atoms with E-state index in [1.54, 1.807) is 13.2 Å². The second-order valence-electron chi connectivity index (χ2n) is 6.71. The molecule has 0 aliphatic carbocycles. The number of carbonyl (C=O) groups is 1. The Morgan fingerprint density at radius 1 is 1.19 bits per heavy atom. The summed E-state index contributed by atoms with van der Waals surface area (Å²) < 4.78 is 13.1. The summed E-state index contributed by atoms with van der Waals surface area (Å²) in [6.07, 6.45) is 6.40. The number of aromatic nitrogens is 1.